The van der Waals surface area contributed by atoms with Gasteiger partial charge in [-0.25, -0.2) is 13.8 Å². The molecule has 0 saturated heterocycles. The molecule has 2 rings (SSSR count). The van der Waals surface area contributed by atoms with Gasteiger partial charge in [0.2, 0.25) is 0 Å². The molecule has 4 N–H and O–H groups in total. The number of ether oxygens (including phenoxy) is 1. The maximum atomic E-state index is 13.0. The van der Waals surface area contributed by atoms with Crippen molar-refractivity contribution < 1.29 is 23.4 Å². The van der Waals surface area contributed by atoms with Crippen LogP contribution in [0.25, 0.3) is 0 Å². The normalized spacial score (nSPS) is 12.0. The number of thiazole rings is 1. The van der Waals surface area contributed by atoms with E-state index in [2.05, 4.69) is 10.3 Å². The Hall–Kier alpha value is -2.10. The van der Waals surface area contributed by atoms with E-state index in [-0.39, 0.29) is 31.1 Å². The van der Waals surface area contributed by atoms with Crippen molar-refractivity contribution in [2.45, 2.75) is 12.6 Å². The Morgan fingerprint density at radius 2 is 2.22 bits per heavy atom. The predicted octanol–water partition coefficient (Wildman–Crippen LogP) is 1.05. The van der Waals surface area contributed by atoms with Crippen molar-refractivity contribution in [1.29, 1.82) is 0 Å². The van der Waals surface area contributed by atoms with Gasteiger partial charge in [0.05, 0.1) is 0 Å². The quantitative estimate of drug-likeness (QED) is 0.698. The molecule has 0 fully saturated rings. The van der Waals surface area contributed by atoms with E-state index in [0.717, 1.165) is 12.1 Å². The number of rotatable bonds is 7. The van der Waals surface area contributed by atoms with E-state index in [4.69, 9.17) is 10.5 Å². The number of carbonyl (C=O) groups is 1. The second kappa shape index (κ2) is 7.95. The molecule has 0 saturated carbocycles. The van der Waals surface area contributed by atoms with Crippen LogP contribution < -0.4 is 15.8 Å². The van der Waals surface area contributed by atoms with Crippen molar-refractivity contribution in [3.05, 3.63) is 45.9 Å². The van der Waals surface area contributed by atoms with E-state index in [0.29, 0.717) is 5.01 Å². The summed E-state index contributed by atoms with van der Waals surface area (Å²) in [4.78, 5) is 15.8. The van der Waals surface area contributed by atoms with Gasteiger partial charge in [0.1, 0.15) is 29.2 Å². The Morgan fingerprint density at radius 3 is 2.87 bits per heavy atom. The summed E-state index contributed by atoms with van der Waals surface area (Å²) in [7, 11) is 0. The first kappa shape index (κ1) is 17.3. The molecule has 1 heterocycles. The van der Waals surface area contributed by atoms with E-state index in [1.807, 2.05) is 0 Å². The Bertz CT molecular complexity index is 681. The van der Waals surface area contributed by atoms with Crippen LogP contribution in [0.3, 0.4) is 0 Å². The summed E-state index contributed by atoms with van der Waals surface area (Å²) >= 11 is 1.27. The lowest BCUT2D eigenvalue weighted by molar-refractivity contribution is 0.0839. The third kappa shape index (κ3) is 4.95. The van der Waals surface area contributed by atoms with Gasteiger partial charge >= 0.3 is 0 Å². The fourth-order valence-corrected chi connectivity index (χ4v) is 2.28. The summed E-state index contributed by atoms with van der Waals surface area (Å²) in [5.41, 5.74) is 5.64. The molecule has 0 aliphatic heterocycles. The predicted molar refractivity (Wildman–Crippen MR) is 80.2 cm³/mol. The summed E-state index contributed by atoms with van der Waals surface area (Å²) < 4.78 is 30.9. The van der Waals surface area contributed by atoms with E-state index in [9.17, 15) is 18.7 Å². The average molecular weight is 343 g/mol. The Balaban J connectivity index is 1.77. The van der Waals surface area contributed by atoms with E-state index >= 15 is 0 Å². The molecule has 0 aliphatic rings. The number of amides is 1. The van der Waals surface area contributed by atoms with Crippen LogP contribution in [0.15, 0.2) is 23.6 Å². The molecule has 1 atom stereocenters. The van der Waals surface area contributed by atoms with Gasteiger partial charge in [0.25, 0.3) is 5.91 Å². The zero-order valence-corrected chi connectivity index (χ0v) is 12.8. The summed E-state index contributed by atoms with van der Waals surface area (Å²) in [6.07, 6.45) is -1.01. The van der Waals surface area contributed by atoms with Crippen LogP contribution in [-0.4, -0.2) is 35.3 Å². The van der Waals surface area contributed by atoms with E-state index in [1.54, 1.807) is 5.38 Å². The maximum Gasteiger partial charge on any atom is 0.270 e. The molecule has 6 nitrogen and oxygen atoms in total. The van der Waals surface area contributed by atoms with Gasteiger partial charge in [-0.05, 0) is 12.1 Å². The van der Waals surface area contributed by atoms with Crippen molar-refractivity contribution in [1.82, 2.24) is 10.3 Å². The zero-order chi connectivity index (χ0) is 16.8. The van der Waals surface area contributed by atoms with Crippen LogP contribution in [0, 0.1) is 11.6 Å². The molecule has 0 aliphatic carbocycles. The van der Waals surface area contributed by atoms with Gasteiger partial charge in [0.15, 0.2) is 11.6 Å². The van der Waals surface area contributed by atoms with Gasteiger partial charge in [-0.15, -0.1) is 11.3 Å². The highest BCUT2D eigenvalue weighted by Gasteiger charge is 2.13. The lowest BCUT2D eigenvalue weighted by atomic mass is 10.3. The number of hydrogen-bond acceptors (Lipinski definition) is 6. The SMILES string of the molecule is NCc1nc(C(=O)NCC(O)COc2ccc(F)c(F)c2)cs1. The number of aliphatic hydroxyl groups is 1. The molecule has 1 aromatic carbocycles. The molecule has 2 aromatic rings. The molecular formula is C14H15F2N3O3S. The lowest BCUT2D eigenvalue weighted by Gasteiger charge is -2.13. The Kier molecular flexibility index (Phi) is 5.97. The maximum absolute atomic E-state index is 13.0. The number of nitrogens with zero attached hydrogens (tertiary/aromatic N) is 1. The molecule has 1 aromatic heterocycles. The van der Waals surface area contributed by atoms with Crippen LogP contribution in [0.1, 0.15) is 15.5 Å². The lowest BCUT2D eigenvalue weighted by Crippen LogP contribution is -2.35. The van der Waals surface area contributed by atoms with Gasteiger partial charge in [-0.2, -0.15) is 0 Å². The van der Waals surface area contributed by atoms with Crippen LogP contribution in [0.4, 0.5) is 8.78 Å². The highest BCUT2D eigenvalue weighted by atomic mass is 32.1. The third-order valence-electron chi connectivity index (χ3n) is 2.79. The smallest absolute Gasteiger partial charge is 0.270 e. The summed E-state index contributed by atoms with van der Waals surface area (Å²) in [6.45, 7) is -0.00287. The first-order chi connectivity index (χ1) is 11.0. The van der Waals surface area contributed by atoms with Crippen LogP contribution >= 0.6 is 11.3 Å². The molecule has 1 amide bonds. The number of aliphatic hydroxyl groups excluding tert-OH is 1. The van der Waals surface area contributed by atoms with Crippen molar-refractivity contribution in [2.24, 2.45) is 5.73 Å². The standard InChI is InChI=1S/C14H15F2N3O3S/c15-10-2-1-9(3-11(10)16)22-6-8(20)5-18-14(21)12-7-23-13(4-17)19-12/h1-3,7-8,20H,4-6,17H2,(H,18,21). The minimum absolute atomic E-state index is 0.0714. The molecule has 1 unspecified atom stereocenters. The monoisotopic (exact) mass is 343 g/mol. The number of halogens is 2. The molecule has 0 radical (unpaired) electrons. The average Bonchev–Trinajstić information content (AvgIpc) is 3.03. The molecule has 9 heteroatoms. The minimum atomic E-state index is -1.04. The van der Waals surface area contributed by atoms with Gasteiger partial charge in [-0.3, -0.25) is 4.79 Å². The fraction of sp³-hybridized carbons (Fsp3) is 0.286. The van der Waals surface area contributed by atoms with E-state index in [1.165, 1.54) is 17.4 Å². The summed E-state index contributed by atoms with van der Waals surface area (Å²) in [5.74, 6) is -2.37. The summed E-state index contributed by atoms with van der Waals surface area (Å²) in [6, 6.07) is 3.05. The van der Waals surface area contributed by atoms with Crippen LogP contribution in [0.2, 0.25) is 0 Å². The van der Waals surface area contributed by atoms with E-state index < -0.39 is 23.6 Å². The second-order valence-electron chi connectivity index (χ2n) is 4.58. The molecule has 0 bridgehead atoms. The molecule has 124 valence electrons. The third-order valence-corrected chi connectivity index (χ3v) is 3.66. The van der Waals surface area contributed by atoms with Crippen LogP contribution in [-0.2, 0) is 6.54 Å². The molecule has 0 spiro atoms. The Morgan fingerprint density at radius 1 is 1.43 bits per heavy atom. The second-order valence-corrected chi connectivity index (χ2v) is 5.52. The molecular weight excluding hydrogens is 328 g/mol. The largest absolute Gasteiger partial charge is 0.491 e. The number of aromatic nitrogens is 1. The van der Waals surface area contributed by atoms with Gasteiger partial charge in [0, 0.05) is 24.5 Å². The highest BCUT2D eigenvalue weighted by Crippen LogP contribution is 2.15. The van der Waals surface area contributed by atoms with Crippen molar-refractivity contribution in [2.75, 3.05) is 13.2 Å². The van der Waals surface area contributed by atoms with Crippen LogP contribution in [0.5, 0.6) is 5.75 Å². The first-order valence-corrected chi connectivity index (χ1v) is 7.56. The first-order valence-electron chi connectivity index (χ1n) is 6.68. The van der Waals surface area contributed by atoms with Crippen molar-refractivity contribution in [3.8, 4) is 5.75 Å². The number of nitrogens with two attached hydrogens (primary N) is 1. The van der Waals surface area contributed by atoms with Gasteiger partial charge in [-0.1, -0.05) is 0 Å². The number of carbonyl (C=O) groups excluding carboxylic acids is 1. The topological polar surface area (TPSA) is 97.5 Å². The van der Waals surface area contributed by atoms with Crippen molar-refractivity contribution >= 4 is 17.2 Å². The molecule has 23 heavy (non-hydrogen) atoms. The van der Waals surface area contributed by atoms with Gasteiger partial charge < -0.3 is 20.9 Å². The number of benzene rings is 1. The highest BCUT2D eigenvalue weighted by molar-refractivity contribution is 7.09. The number of nitrogens with one attached hydrogen (secondary N) is 1. The fourth-order valence-electron chi connectivity index (χ4n) is 1.63. The minimum Gasteiger partial charge on any atom is -0.491 e. The van der Waals surface area contributed by atoms with Crippen molar-refractivity contribution in [3.63, 3.8) is 0 Å². The Labute approximate surface area is 134 Å². The summed E-state index contributed by atoms with van der Waals surface area (Å²) in [5, 5.41) is 14.4. The zero-order valence-electron chi connectivity index (χ0n) is 12.0. The number of hydrogen-bond donors (Lipinski definition) is 3.